The van der Waals surface area contributed by atoms with E-state index in [0.717, 1.165) is 18.5 Å². The largest absolute Gasteiger partial charge is 0.466 e. The van der Waals surface area contributed by atoms with Gasteiger partial charge in [0, 0.05) is 24.2 Å². The minimum absolute atomic E-state index is 0.188. The van der Waals surface area contributed by atoms with E-state index in [2.05, 4.69) is 18.7 Å². The summed E-state index contributed by atoms with van der Waals surface area (Å²) in [5.41, 5.74) is 0.793. The van der Waals surface area contributed by atoms with E-state index in [-0.39, 0.29) is 5.97 Å². The second-order valence-electron chi connectivity index (χ2n) is 4.76. The average molecular weight is 239 g/mol. The van der Waals surface area contributed by atoms with Crippen LogP contribution in [0.5, 0.6) is 0 Å². The van der Waals surface area contributed by atoms with Crippen molar-refractivity contribution in [3.8, 4) is 0 Å². The lowest BCUT2D eigenvalue weighted by Crippen LogP contribution is -2.34. The molecule has 0 bridgehead atoms. The first kappa shape index (κ1) is 14.2. The Kier molecular flexibility index (Phi) is 5.69. The monoisotopic (exact) mass is 239 g/mol. The molecule has 0 aromatic carbocycles. The molecule has 17 heavy (non-hydrogen) atoms. The molecule has 2 atom stereocenters. The summed E-state index contributed by atoms with van der Waals surface area (Å²) < 4.78 is 4.77. The van der Waals surface area contributed by atoms with Crippen LogP contribution in [-0.2, 0) is 9.53 Å². The molecule has 1 aliphatic rings. The van der Waals surface area contributed by atoms with Gasteiger partial charge in [0.05, 0.1) is 7.11 Å². The molecule has 98 valence electrons. The molecule has 0 saturated carbocycles. The Hall–Kier alpha value is -0.830. The molecule has 3 nitrogen and oxygen atoms in total. The molecule has 0 aromatic rings. The summed E-state index contributed by atoms with van der Waals surface area (Å²) in [6.45, 7) is 7.37. The van der Waals surface area contributed by atoms with Crippen LogP contribution in [0.3, 0.4) is 0 Å². The molecule has 1 saturated heterocycles. The summed E-state index contributed by atoms with van der Waals surface area (Å²) >= 11 is 0. The normalized spacial score (nSPS) is 26.2. The van der Waals surface area contributed by atoms with Gasteiger partial charge in [-0.15, -0.1) is 0 Å². The van der Waals surface area contributed by atoms with E-state index >= 15 is 0 Å². The summed E-state index contributed by atoms with van der Waals surface area (Å²) in [6.07, 6.45) is 6.52. The van der Waals surface area contributed by atoms with Gasteiger partial charge in [-0.25, -0.2) is 4.79 Å². The zero-order valence-corrected chi connectivity index (χ0v) is 11.5. The Morgan fingerprint density at radius 1 is 1.41 bits per heavy atom. The van der Waals surface area contributed by atoms with Gasteiger partial charge in [-0.3, -0.25) is 4.90 Å². The lowest BCUT2D eigenvalue weighted by molar-refractivity contribution is -0.136. The zero-order chi connectivity index (χ0) is 12.8. The smallest absolute Gasteiger partial charge is 0.333 e. The summed E-state index contributed by atoms with van der Waals surface area (Å²) in [5.74, 6) is -0.188. The minimum atomic E-state index is -0.188. The number of likely N-dealkylation sites (tertiary alicyclic amines) is 1. The number of methoxy groups -OCH3 is 1. The standard InChI is InChI=1S/C14H25NO2/c1-5-12(14(16)17-4)9-10-15-11(3)7-8-13(15)6-2/h9,11,13H,5-8,10H2,1-4H3/b12-9-. The molecule has 1 rings (SSSR count). The molecule has 3 heteroatoms. The van der Waals surface area contributed by atoms with Gasteiger partial charge in [-0.2, -0.15) is 0 Å². The predicted molar refractivity (Wildman–Crippen MR) is 69.9 cm³/mol. The maximum absolute atomic E-state index is 11.5. The Bertz CT molecular complexity index is 286. The molecule has 0 amide bonds. The third-order valence-electron chi connectivity index (χ3n) is 3.80. The molecule has 0 aliphatic carbocycles. The van der Waals surface area contributed by atoms with E-state index in [4.69, 9.17) is 4.74 Å². The molecule has 1 heterocycles. The topological polar surface area (TPSA) is 29.5 Å². The van der Waals surface area contributed by atoms with Gasteiger partial charge < -0.3 is 4.74 Å². The summed E-state index contributed by atoms with van der Waals surface area (Å²) in [5, 5.41) is 0. The Morgan fingerprint density at radius 3 is 2.65 bits per heavy atom. The maximum atomic E-state index is 11.5. The van der Waals surface area contributed by atoms with Crippen LogP contribution in [-0.4, -0.2) is 36.6 Å². The van der Waals surface area contributed by atoms with E-state index in [9.17, 15) is 4.79 Å². The lowest BCUT2D eigenvalue weighted by atomic mass is 10.1. The molecule has 1 fully saturated rings. The van der Waals surface area contributed by atoms with E-state index in [0.29, 0.717) is 12.1 Å². The number of hydrogen-bond acceptors (Lipinski definition) is 3. The van der Waals surface area contributed by atoms with Gasteiger partial charge >= 0.3 is 5.97 Å². The molecule has 0 spiro atoms. The zero-order valence-electron chi connectivity index (χ0n) is 11.5. The first-order chi connectivity index (χ1) is 8.13. The first-order valence-electron chi connectivity index (χ1n) is 6.67. The van der Waals surface area contributed by atoms with Crippen LogP contribution in [0.1, 0.15) is 46.5 Å². The van der Waals surface area contributed by atoms with Crippen molar-refractivity contribution in [1.82, 2.24) is 4.90 Å². The Balaban J connectivity index is 2.63. The van der Waals surface area contributed by atoms with Crippen LogP contribution in [0.4, 0.5) is 0 Å². The number of carbonyl (C=O) groups excluding carboxylic acids is 1. The Morgan fingerprint density at radius 2 is 2.12 bits per heavy atom. The molecule has 2 unspecified atom stereocenters. The number of rotatable bonds is 5. The summed E-state index contributed by atoms with van der Waals surface area (Å²) in [7, 11) is 1.44. The lowest BCUT2D eigenvalue weighted by Gasteiger charge is -2.26. The summed E-state index contributed by atoms with van der Waals surface area (Å²) in [6, 6.07) is 1.31. The maximum Gasteiger partial charge on any atom is 0.333 e. The average Bonchev–Trinajstić information content (AvgIpc) is 2.70. The second-order valence-corrected chi connectivity index (χ2v) is 4.76. The van der Waals surface area contributed by atoms with Crippen molar-refractivity contribution in [3.05, 3.63) is 11.6 Å². The van der Waals surface area contributed by atoms with Gasteiger partial charge in [-0.1, -0.05) is 19.9 Å². The highest BCUT2D eigenvalue weighted by atomic mass is 16.5. The van der Waals surface area contributed by atoms with E-state index < -0.39 is 0 Å². The molecule has 0 aromatic heterocycles. The number of ether oxygens (including phenoxy) is 1. The minimum Gasteiger partial charge on any atom is -0.466 e. The quantitative estimate of drug-likeness (QED) is 0.546. The Labute approximate surface area is 105 Å². The SMILES string of the molecule is CC/C(=C/CN1C(C)CCC1CC)C(=O)OC. The van der Waals surface area contributed by atoms with Crippen molar-refractivity contribution in [2.24, 2.45) is 0 Å². The fourth-order valence-electron chi connectivity index (χ4n) is 2.61. The van der Waals surface area contributed by atoms with Gasteiger partial charge in [0.2, 0.25) is 0 Å². The fourth-order valence-corrected chi connectivity index (χ4v) is 2.61. The van der Waals surface area contributed by atoms with Crippen LogP contribution < -0.4 is 0 Å². The highest BCUT2D eigenvalue weighted by molar-refractivity contribution is 5.88. The van der Waals surface area contributed by atoms with Crippen molar-refractivity contribution in [1.29, 1.82) is 0 Å². The van der Waals surface area contributed by atoms with Crippen molar-refractivity contribution in [3.63, 3.8) is 0 Å². The second kappa shape index (κ2) is 6.80. The number of esters is 1. The fraction of sp³-hybridized carbons (Fsp3) is 0.786. The van der Waals surface area contributed by atoms with Crippen molar-refractivity contribution in [2.45, 2.75) is 58.5 Å². The number of hydrogen-bond donors (Lipinski definition) is 0. The third kappa shape index (κ3) is 3.56. The number of nitrogens with zero attached hydrogens (tertiary/aromatic N) is 1. The van der Waals surface area contributed by atoms with Crippen molar-refractivity contribution < 1.29 is 9.53 Å². The van der Waals surface area contributed by atoms with E-state index in [1.807, 2.05) is 13.0 Å². The van der Waals surface area contributed by atoms with Gasteiger partial charge in [0.1, 0.15) is 0 Å². The van der Waals surface area contributed by atoms with E-state index in [1.54, 1.807) is 0 Å². The van der Waals surface area contributed by atoms with Crippen LogP contribution in [0, 0.1) is 0 Å². The van der Waals surface area contributed by atoms with Gasteiger partial charge in [-0.05, 0) is 32.6 Å². The van der Waals surface area contributed by atoms with E-state index in [1.165, 1.54) is 26.4 Å². The van der Waals surface area contributed by atoms with Crippen LogP contribution >= 0.6 is 0 Å². The van der Waals surface area contributed by atoms with Gasteiger partial charge in [0.25, 0.3) is 0 Å². The van der Waals surface area contributed by atoms with Crippen LogP contribution in [0.15, 0.2) is 11.6 Å². The number of carbonyl (C=O) groups is 1. The molecular formula is C14H25NO2. The molecule has 1 aliphatic heterocycles. The molecule has 0 N–H and O–H groups in total. The summed E-state index contributed by atoms with van der Waals surface area (Å²) in [4.78, 5) is 14.0. The predicted octanol–water partition coefficient (Wildman–Crippen LogP) is 2.76. The highest BCUT2D eigenvalue weighted by Crippen LogP contribution is 2.25. The van der Waals surface area contributed by atoms with Crippen molar-refractivity contribution in [2.75, 3.05) is 13.7 Å². The first-order valence-corrected chi connectivity index (χ1v) is 6.67. The molecular weight excluding hydrogens is 214 g/mol. The molecule has 0 radical (unpaired) electrons. The van der Waals surface area contributed by atoms with Crippen LogP contribution in [0.25, 0.3) is 0 Å². The van der Waals surface area contributed by atoms with Crippen LogP contribution in [0.2, 0.25) is 0 Å². The van der Waals surface area contributed by atoms with Crippen molar-refractivity contribution >= 4 is 5.97 Å². The third-order valence-corrected chi connectivity index (χ3v) is 3.80. The highest BCUT2D eigenvalue weighted by Gasteiger charge is 2.28. The van der Waals surface area contributed by atoms with Gasteiger partial charge in [0.15, 0.2) is 0 Å².